The van der Waals surface area contributed by atoms with E-state index in [1.54, 1.807) is 7.11 Å². The minimum Gasteiger partial charge on any atom is -0.497 e. The van der Waals surface area contributed by atoms with Crippen LogP contribution in [-0.4, -0.2) is 12.4 Å². The van der Waals surface area contributed by atoms with Gasteiger partial charge < -0.3 is 4.74 Å². The monoisotopic (exact) mass is 224 g/mol. The zero-order chi connectivity index (χ0) is 10.8. The molecule has 0 N–H and O–H groups in total. The lowest BCUT2D eigenvalue weighted by atomic mass is 9.84. The number of carbonyl (C=O) groups is 1. The first kappa shape index (κ1) is 10.5. The topological polar surface area (TPSA) is 26.3 Å². The number of carbonyl (C=O) groups excluding carboxylic acids is 1. The van der Waals surface area contributed by atoms with E-state index >= 15 is 0 Å². The Kier molecular flexibility index (Phi) is 2.96. The quantitative estimate of drug-likeness (QED) is 0.722. The summed E-state index contributed by atoms with van der Waals surface area (Å²) in [5.41, 5.74) is 2.50. The fourth-order valence-corrected chi connectivity index (χ4v) is 2.24. The van der Waals surface area contributed by atoms with E-state index in [9.17, 15) is 4.79 Å². The van der Waals surface area contributed by atoms with Crippen molar-refractivity contribution in [3.63, 3.8) is 0 Å². The lowest BCUT2D eigenvalue weighted by molar-refractivity contribution is -0.115. The number of ether oxygens (including phenoxy) is 1. The Hall–Kier alpha value is -1.02. The number of halogens is 1. The van der Waals surface area contributed by atoms with Gasteiger partial charge in [-0.2, -0.15) is 0 Å². The number of aryl methyl sites for hydroxylation is 1. The maximum absolute atomic E-state index is 11.1. The fourth-order valence-electron chi connectivity index (χ4n) is 2.05. The van der Waals surface area contributed by atoms with E-state index in [2.05, 4.69) is 0 Å². The summed E-state index contributed by atoms with van der Waals surface area (Å²) in [5, 5.41) is -0.212. The van der Waals surface area contributed by atoms with Gasteiger partial charge >= 0.3 is 0 Å². The summed E-state index contributed by atoms with van der Waals surface area (Å²) in [4.78, 5) is 11.1. The fraction of sp³-hybridized carbons (Fsp3) is 0.417. The van der Waals surface area contributed by atoms with Gasteiger partial charge in [0.1, 0.15) is 5.75 Å². The lowest BCUT2D eigenvalue weighted by Crippen LogP contribution is -2.19. The maximum Gasteiger partial charge on any atom is 0.225 e. The van der Waals surface area contributed by atoms with Gasteiger partial charge in [0.15, 0.2) is 0 Å². The van der Waals surface area contributed by atoms with Crippen LogP contribution in [0.4, 0.5) is 0 Å². The molecule has 15 heavy (non-hydrogen) atoms. The summed E-state index contributed by atoms with van der Waals surface area (Å²) in [6, 6.07) is 6.00. The van der Waals surface area contributed by atoms with E-state index in [0.717, 1.165) is 25.0 Å². The molecule has 0 spiro atoms. The number of methoxy groups -OCH3 is 1. The van der Waals surface area contributed by atoms with Crippen LogP contribution < -0.4 is 4.74 Å². The van der Waals surface area contributed by atoms with Gasteiger partial charge in [-0.3, -0.25) is 4.79 Å². The highest BCUT2D eigenvalue weighted by molar-refractivity contribution is 6.64. The summed E-state index contributed by atoms with van der Waals surface area (Å²) in [6.45, 7) is 0. The Morgan fingerprint density at radius 3 is 2.93 bits per heavy atom. The summed E-state index contributed by atoms with van der Waals surface area (Å²) < 4.78 is 5.16. The molecule has 3 heteroatoms. The molecule has 0 aromatic heterocycles. The Labute approximate surface area is 94.2 Å². The smallest absolute Gasteiger partial charge is 0.225 e. The number of hydrogen-bond acceptors (Lipinski definition) is 2. The molecular weight excluding hydrogens is 212 g/mol. The van der Waals surface area contributed by atoms with Crippen LogP contribution in [0.5, 0.6) is 5.75 Å². The molecule has 1 aromatic carbocycles. The third-order valence-electron chi connectivity index (χ3n) is 2.96. The van der Waals surface area contributed by atoms with Crippen molar-refractivity contribution in [1.29, 1.82) is 0 Å². The zero-order valence-corrected chi connectivity index (χ0v) is 9.38. The first-order valence-corrected chi connectivity index (χ1v) is 5.43. The van der Waals surface area contributed by atoms with Crippen LogP contribution in [0.2, 0.25) is 0 Å². The zero-order valence-electron chi connectivity index (χ0n) is 8.63. The van der Waals surface area contributed by atoms with Crippen molar-refractivity contribution in [1.82, 2.24) is 0 Å². The second-order valence-corrected chi connectivity index (χ2v) is 4.25. The molecule has 1 atom stereocenters. The number of hydrogen-bond donors (Lipinski definition) is 0. The standard InChI is InChI=1S/C12H13ClO2/c1-15-11-5-4-8-6-10(12(13)14)3-2-9(8)7-11/h4-5,7,10H,2-3,6H2,1H3. The van der Waals surface area contributed by atoms with E-state index in [-0.39, 0.29) is 11.2 Å². The van der Waals surface area contributed by atoms with Crippen LogP contribution in [-0.2, 0) is 17.6 Å². The third kappa shape index (κ3) is 2.15. The van der Waals surface area contributed by atoms with Gasteiger partial charge in [0.25, 0.3) is 0 Å². The molecule has 0 saturated heterocycles. The molecule has 0 radical (unpaired) electrons. The van der Waals surface area contributed by atoms with E-state index < -0.39 is 0 Å². The van der Waals surface area contributed by atoms with Crippen molar-refractivity contribution in [2.24, 2.45) is 5.92 Å². The summed E-state index contributed by atoms with van der Waals surface area (Å²) in [6.07, 6.45) is 2.53. The van der Waals surface area contributed by atoms with Crippen LogP contribution in [0.1, 0.15) is 17.5 Å². The molecule has 1 aromatic rings. The van der Waals surface area contributed by atoms with Gasteiger partial charge in [-0.15, -0.1) is 0 Å². The number of rotatable bonds is 2. The Morgan fingerprint density at radius 2 is 2.27 bits per heavy atom. The molecule has 80 valence electrons. The summed E-state index contributed by atoms with van der Waals surface area (Å²) in [7, 11) is 1.66. The predicted octanol–water partition coefficient (Wildman–Crippen LogP) is 2.57. The van der Waals surface area contributed by atoms with Gasteiger partial charge in [0.05, 0.1) is 7.11 Å². The first-order valence-electron chi connectivity index (χ1n) is 5.06. The van der Waals surface area contributed by atoms with Crippen molar-refractivity contribution in [2.75, 3.05) is 7.11 Å². The maximum atomic E-state index is 11.1. The minimum atomic E-state index is -0.212. The van der Waals surface area contributed by atoms with E-state index in [1.807, 2.05) is 18.2 Å². The molecular formula is C12H13ClO2. The highest BCUT2D eigenvalue weighted by Crippen LogP contribution is 2.29. The number of benzene rings is 1. The average molecular weight is 225 g/mol. The van der Waals surface area contributed by atoms with Gasteiger partial charge in [0, 0.05) is 5.92 Å². The highest BCUT2D eigenvalue weighted by Gasteiger charge is 2.23. The predicted molar refractivity (Wildman–Crippen MR) is 59.4 cm³/mol. The normalized spacial score (nSPS) is 19.5. The second kappa shape index (κ2) is 4.23. The van der Waals surface area contributed by atoms with E-state index in [4.69, 9.17) is 16.3 Å². The summed E-state index contributed by atoms with van der Waals surface area (Å²) in [5.74, 6) is 0.872. The molecule has 1 aliphatic carbocycles. The number of fused-ring (bicyclic) bond motifs is 1. The minimum absolute atomic E-state index is 0.00689. The van der Waals surface area contributed by atoms with Gasteiger partial charge in [-0.05, 0) is 54.1 Å². The van der Waals surface area contributed by atoms with Crippen molar-refractivity contribution >= 4 is 16.8 Å². The average Bonchev–Trinajstić information content (AvgIpc) is 2.27. The molecule has 2 nitrogen and oxygen atoms in total. The molecule has 1 unspecified atom stereocenters. The lowest BCUT2D eigenvalue weighted by Gasteiger charge is -2.22. The van der Waals surface area contributed by atoms with Crippen LogP contribution in [0, 0.1) is 5.92 Å². The molecule has 0 heterocycles. The van der Waals surface area contributed by atoms with Crippen LogP contribution >= 0.6 is 11.6 Å². The van der Waals surface area contributed by atoms with Crippen LogP contribution in [0.3, 0.4) is 0 Å². The third-order valence-corrected chi connectivity index (χ3v) is 3.27. The van der Waals surface area contributed by atoms with E-state index in [0.29, 0.717) is 0 Å². The highest BCUT2D eigenvalue weighted by atomic mass is 35.5. The van der Waals surface area contributed by atoms with Crippen LogP contribution in [0.15, 0.2) is 18.2 Å². The molecule has 0 aliphatic heterocycles. The van der Waals surface area contributed by atoms with Crippen molar-refractivity contribution < 1.29 is 9.53 Å². The molecule has 0 saturated carbocycles. The van der Waals surface area contributed by atoms with Gasteiger partial charge in [-0.1, -0.05) is 6.07 Å². The molecule has 1 aliphatic rings. The Morgan fingerprint density at radius 1 is 1.47 bits per heavy atom. The van der Waals surface area contributed by atoms with E-state index in [1.165, 1.54) is 11.1 Å². The molecule has 0 fully saturated rings. The van der Waals surface area contributed by atoms with Crippen molar-refractivity contribution in [3.05, 3.63) is 29.3 Å². The molecule has 0 amide bonds. The van der Waals surface area contributed by atoms with Crippen LogP contribution in [0.25, 0.3) is 0 Å². The Balaban J connectivity index is 2.24. The molecule has 0 bridgehead atoms. The molecule has 2 rings (SSSR count). The summed E-state index contributed by atoms with van der Waals surface area (Å²) >= 11 is 5.52. The SMILES string of the molecule is COc1ccc2c(c1)CCC(C(=O)Cl)C2. The second-order valence-electron chi connectivity index (χ2n) is 3.88. The first-order chi connectivity index (χ1) is 7.20. The largest absolute Gasteiger partial charge is 0.497 e. The van der Waals surface area contributed by atoms with Crippen molar-refractivity contribution in [2.45, 2.75) is 19.3 Å². The Bertz CT molecular complexity index is 387. The van der Waals surface area contributed by atoms with Gasteiger partial charge in [0.2, 0.25) is 5.24 Å². The van der Waals surface area contributed by atoms with Gasteiger partial charge in [-0.25, -0.2) is 0 Å². The van der Waals surface area contributed by atoms with Crippen molar-refractivity contribution in [3.8, 4) is 5.75 Å².